The summed E-state index contributed by atoms with van der Waals surface area (Å²) < 4.78 is 1.84. The molecule has 1 amide bonds. The highest BCUT2D eigenvalue weighted by Crippen LogP contribution is 1.93. The van der Waals surface area contributed by atoms with Gasteiger partial charge in [-0.25, -0.2) is 0 Å². The van der Waals surface area contributed by atoms with Crippen molar-refractivity contribution in [1.82, 2.24) is 20.4 Å². The highest BCUT2D eigenvalue weighted by molar-refractivity contribution is 5.76. The minimum absolute atomic E-state index is 0.0855. The summed E-state index contributed by atoms with van der Waals surface area (Å²) in [5.74, 6) is 0.0855. The summed E-state index contributed by atoms with van der Waals surface area (Å²) in [7, 11) is 0. The Labute approximate surface area is 103 Å². The van der Waals surface area contributed by atoms with Crippen LogP contribution in [0.25, 0.3) is 0 Å². The van der Waals surface area contributed by atoms with Crippen LogP contribution in [0.1, 0.15) is 25.8 Å². The number of nitrogens with one attached hydrogen (secondary N) is 2. The molecule has 0 radical (unpaired) electrons. The Morgan fingerprint density at radius 3 is 2.94 bits per heavy atom. The van der Waals surface area contributed by atoms with E-state index in [2.05, 4.69) is 15.7 Å². The summed E-state index contributed by atoms with van der Waals surface area (Å²) >= 11 is 0. The topological polar surface area (TPSA) is 59.0 Å². The Hall–Kier alpha value is -1.36. The Bertz CT molecular complexity index is 348. The molecule has 0 aliphatic rings. The first-order chi connectivity index (χ1) is 8.11. The third-order valence-electron chi connectivity index (χ3n) is 2.47. The van der Waals surface area contributed by atoms with Crippen molar-refractivity contribution in [3.05, 3.63) is 18.0 Å². The van der Waals surface area contributed by atoms with Crippen molar-refractivity contribution in [2.75, 3.05) is 13.1 Å². The number of aryl methyl sites for hydroxylation is 1. The molecule has 17 heavy (non-hydrogen) atoms. The molecule has 1 unspecified atom stereocenters. The van der Waals surface area contributed by atoms with Crippen molar-refractivity contribution in [3.63, 3.8) is 0 Å². The van der Waals surface area contributed by atoms with E-state index in [0.717, 1.165) is 18.7 Å². The van der Waals surface area contributed by atoms with Crippen LogP contribution in [0.4, 0.5) is 0 Å². The number of hydrogen-bond donors (Lipinski definition) is 2. The maximum Gasteiger partial charge on any atom is 0.221 e. The maximum absolute atomic E-state index is 11.5. The lowest BCUT2D eigenvalue weighted by Gasteiger charge is -2.12. The number of carbonyl (C=O) groups excluding carboxylic acids is 1. The summed E-state index contributed by atoms with van der Waals surface area (Å²) in [6, 6.07) is 0.229. The lowest BCUT2D eigenvalue weighted by molar-refractivity contribution is -0.121. The van der Waals surface area contributed by atoms with Crippen LogP contribution >= 0.6 is 0 Å². The van der Waals surface area contributed by atoms with Gasteiger partial charge >= 0.3 is 0 Å². The molecule has 0 saturated heterocycles. The molecule has 0 spiro atoms. The molecule has 1 rings (SSSR count). The average molecular weight is 238 g/mol. The molecule has 0 fully saturated rings. The fraction of sp³-hybridized carbons (Fsp3) is 0.667. The lowest BCUT2D eigenvalue weighted by atomic mass is 10.2. The average Bonchev–Trinajstić information content (AvgIpc) is 2.64. The molecule has 0 aliphatic heterocycles. The number of carbonyl (C=O) groups is 1. The molecule has 1 atom stereocenters. The van der Waals surface area contributed by atoms with Gasteiger partial charge in [0.1, 0.15) is 0 Å². The molecule has 2 N–H and O–H groups in total. The molecule has 5 nitrogen and oxygen atoms in total. The monoisotopic (exact) mass is 238 g/mol. The molecule has 1 heterocycles. The molecular weight excluding hydrogens is 216 g/mol. The SMILES string of the molecule is CCNC(C)CC(=O)NCCn1cc(C)cn1. The van der Waals surface area contributed by atoms with Gasteiger partial charge in [-0.15, -0.1) is 0 Å². The van der Waals surface area contributed by atoms with Gasteiger partial charge < -0.3 is 10.6 Å². The standard InChI is InChI=1S/C12H22N4O/c1-4-13-11(3)7-12(17)14-5-6-16-9-10(2)8-15-16/h8-9,11,13H,4-7H2,1-3H3,(H,14,17). The minimum atomic E-state index is 0.0855. The van der Waals surface area contributed by atoms with E-state index in [1.54, 1.807) is 0 Å². The van der Waals surface area contributed by atoms with Crippen LogP contribution in [-0.4, -0.2) is 34.8 Å². The zero-order chi connectivity index (χ0) is 12.7. The quantitative estimate of drug-likeness (QED) is 0.735. The zero-order valence-corrected chi connectivity index (χ0v) is 10.9. The fourth-order valence-corrected chi connectivity index (χ4v) is 1.67. The number of rotatable bonds is 7. The number of amides is 1. The van der Waals surface area contributed by atoms with Crippen molar-refractivity contribution in [3.8, 4) is 0 Å². The third-order valence-corrected chi connectivity index (χ3v) is 2.47. The molecule has 5 heteroatoms. The summed E-state index contributed by atoms with van der Waals surface area (Å²) in [4.78, 5) is 11.5. The molecular formula is C12H22N4O. The van der Waals surface area contributed by atoms with Gasteiger partial charge in [0.05, 0.1) is 12.7 Å². The van der Waals surface area contributed by atoms with E-state index < -0.39 is 0 Å². The van der Waals surface area contributed by atoms with Crippen LogP contribution in [0.2, 0.25) is 0 Å². The van der Waals surface area contributed by atoms with E-state index in [-0.39, 0.29) is 11.9 Å². The van der Waals surface area contributed by atoms with Gasteiger partial charge in [-0.1, -0.05) is 6.92 Å². The van der Waals surface area contributed by atoms with E-state index in [1.165, 1.54) is 0 Å². The summed E-state index contributed by atoms with van der Waals surface area (Å²) in [5.41, 5.74) is 1.14. The van der Waals surface area contributed by atoms with Gasteiger partial charge in [0, 0.05) is 25.2 Å². The minimum Gasteiger partial charge on any atom is -0.354 e. The predicted molar refractivity (Wildman–Crippen MR) is 67.7 cm³/mol. The number of hydrogen-bond acceptors (Lipinski definition) is 3. The van der Waals surface area contributed by atoms with Crippen LogP contribution in [0.5, 0.6) is 0 Å². The van der Waals surface area contributed by atoms with E-state index in [1.807, 2.05) is 37.8 Å². The zero-order valence-electron chi connectivity index (χ0n) is 10.9. The first-order valence-corrected chi connectivity index (χ1v) is 6.11. The highest BCUT2D eigenvalue weighted by Gasteiger charge is 2.06. The Morgan fingerprint density at radius 1 is 1.59 bits per heavy atom. The Morgan fingerprint density at radius 2 is 2.35 bits per heavy atom. The van der Waals surface area contributed by atoms with Gasteiger partial charge in [-0.05, 0) is 26.0 Å². The van der Waals surface area contributed by atoms with Gasteiger partial charge in [-0.2, -0.15) is 5.10 Å². The molecule has 0 saturated carbocycles. The Kier molecular flexibility index (Phi) is 5.69. The second-order valence-electron chi connectivity index (χ2n) is 4.29. The molecule has 0 aromatic carbocycles. The van der Waals surface area contributed by atoms with Gasteiger partial charge in [-0.3, -0.25) is 9.48 Å². The molecule has 1 aromatic rings. The molecule has 0 aliphatic carbocycles. The number of aromatic nitrogens is 2. The largest absolute Gasteiger partial charge is 0.354 e. The van der Waals surface area contributed by atoms with Crippen molar-refractivity contribution in [2.24, 2.45) is 0 Å². The first-order valence-electron chi connectivity index (χ1n) is 6.11. The van der Waals surface area contributed by atoms with E-state index >= 15 is 0 Å². The molecule has 96 valence electrons. The van der Waals surface area contributed by atoms with E-state index in [9.17, 15) is 4.79 Å². The van der Waals surface area contributed by atoms with E-state index in [0.29, 0.717) is 13.0 Å². The van der Waals surface area contributed by atoms with Crippen molar-refractivity contribution < 1.29 is 4.79 Å². The molecule has 0 bridgehead atoms. The van der Waals surface area contributed by atoms with Crippen LogP contribution < -0.4 is 10.6 Å². The smallest absolute Gasteiger partial charge is 0.221 e. The van der Waals surface area contributed by atoms with Crippen molar-refractivity contribution in [1.29, 1.82) is 0 Å². The van der Waals surface area contributed by atoms with Crippen LogP contribution in [-0.2, 0) is 11.3 Å². The normalized spacial score (nSPS) is 12.4. The van der Waals surface area contributed by atoms with E-state index in [4.69, 9.17) is 0 Å². The van der Waals surface area contributed by atoms with Gasteiger partial charge in [0.2, 0.25) is 5.91 Å². The second-order valence-corrected chi connectivity index (χ2v) is 4.29. The first kappa shape index (κ1) is 13.7. The maximum atomic E-state index is 11.5. The highest BCUT2D eigenvalue weighted by atomic mass is 16.1. The summed E-state index contributed by atoms with van der Waals surface area (Å²) in [6.45, 7) is 8.28. The van der Waals surface area contributed by atoms with Gasteiger partial charge in [0.25, 0.3) is 0 Å². The number of nitrogens with zero attached hydrogens (tertiary/aromatic N) is 2. The van der Waals surface area contributed by atoms with Crippen LogP contribution in [0.3, 0.4) is 0 Å². The Balaban J connectivity index is 2.16. The fourth-order valence-electron chi connectivity index (χ4n) is 1.67. The lowest BCUT2D eigenvalue weighted by Crippen LogP contribution is -2.34. The summed E-state index contributed by atoms with van der Waals surface area (Å²) in [5, 5.41) is 10.3. The second kappa shape index (κ2) is 7.06. The predicted octanol–water partition coefficient (Wildman–Crippen LogP) is 0.696. The molecule has 1 aromatic heterocycles. The summed E-state index contributed by atoms with van der Waals surface area (Å²) in [6.07, 6.45) is 4.30. The van der Waals surface area contributed by atoms with Crippen LogP contribution in [0, 0.1) is 6.92 Å². The van der Waals surface area contributed by atoms with Gasteiger partial charge in [0.15, 0.2) is 0 Å². The van der Waals surface area contributed by atoms with Crippen LogP contribution in [0.15, 0.2) is 12.4 Å². The van der Waals surface area contributed by atoms with Crippen molar-refractivity contribution in [2.45, 2.75) is 39.8 Å². The third kappa shape index (κ3) is 5.49. The van der Waals surface area contributed by atoms with Crippen molar-refractivity contribution >= 4 is 5.91 Å².